The van der Waals surface area contributed by atoms with Gasteiger partial charge in [-0.3, -0.25) is 0 Å². The first-order chi connectivity index (χ1) is 6.68. The van der Waals surface area contributed by atoms with Crippen molar-refractivity contribution in [3.63, 3.8) is 0 Å². The molecule has 0 aromatic carbocycles. The maximum absolute atomic E-state index is 11.1. The normalized spacial score (nSPS) is 9.27. The molecule has 0 spiro atoms. The molecule has 0 bridgehead atoms. The fraction of sp³-hybridized carbons (Fsp3) is 0.400. The minimum absolute atomic E-state index is 0. The first-order valence-corrected chi connectivity index (χ1v) is 4.50. The van der Waals surface area contributed by atoms with Gasteiger partial charge in [0.25, 0.3) is 0 Å². The summed E-state index contributed by atoms with van der Waals surface area (Å²) in [4.78, 5) is 15.9. The molecule has 1 rings (SSSR count). The van der Waals surface area contributed by atoms with E-state index in [4.69, 9.17) is 9.57 Å². The molecule has 0 unspecified atom stereocenters. The van der Waals surface area contributed by atoms with Crippen molar-refractivity contribution in [2.45, 2.75) is 13.8 Å². The second-order valence-electron chi connectivity index (χ2n) is 3.28. The average Bonchev–Trinajstić information content (AvgIpc) is 2.16. The Kier molecular flexibility index (Phi) is 6.45. The average molecular weight is 232 g/mol. The zero-order valence-electron chi connectivity index (χ0n) is 8.72. The van der Waals surface area contributed by atoms with Crippen LogP contribution in [0.4, 0.5) is 4.79 Å². The van der Waals surface area contributed by atoms with E-state index in [-0.39, 0.29) is 12.4 Å². The Labute approximate surface area is 95.2 Å². The summed E-state index contributed by atoms with van der Waals surface area (Å²) in [7, 11) is 0. The smallest absolute Gasteiger partial charge is 0.572 e. The van der Waals surface area contributed by atoms with Gasteiger partial charge in [-0.15, -0.1) is 4.84 Å². The van der Waals surface area contributed by atoms with E-state index < -0.39 is 6.16 Å². The monoisotopic (exact) mass is 231 g/mol. The number of halogens is 1. The van der Waals surface area contributed by atoms with Crippen LogP contribution >= 0.6 is 0 Å². The highest BCUT2D eigenvalue weighted by Gasteiger charge is 2.11. The number of carbonyl (C=O) groups excluding carboxylic acids is 1. The van der Waals surface area contributed by atoms with Gasteiger partial charge >= 0.3 is 6.16 Å². The third-order valence-electron chi connectivity index (χ3n) is 1.40. The quantitative estimate of drug-likeness (QED) is 0.455. The fourth-order valence-corrected chi connectivity index (χ4v) is 0.791. The van der Waals surface area contributed by atoms with Gasteiger partial charge in [0.05, 0.1) is 6.61 Å². The fourth-order valence-electron chi connectivity index (χ4n) is 0.791. The Bertz CT molecular complexity index is 290. The second-order valence-corrected chi connectivity index (χ2v) is 3.28. The van der Waals surface area contributed by atoms with Gasteiger partial charge in [-0.05, 0) is 5.92 Å². The summed E-state index contributed by atoms with van der Waals surface area (Å²) in [5.74, 6) is 0.309. The summed E-state index contributed by atoms with van der Waals surface area (Å²) < 4.78 is 6.12. The number of rotatable bonds is 3. The third kappa shape index (κ3) is 5.91. The van der Waals surface area contributed by atoms with E-state index >= 15 is 0 Å². The number of nitrogens with zero attached hydrogens (tertiary/aromatic N) is 1. The lowest BCUT2D eigenvalue weighted by Crippen LogP contribution is -3.00. The van der Waals surface area contributed by atoms with Crippen molar-refractivity contribution in [3.05, 3.63) is 30.6 Å². The van der Waals surface area contributed by atoms with Gasteiger partial charge in [-0.1, -0.05) is 19.9 Å². The molecular weight excluding hydrogens is 218 g/mol. The van der Waals surface area contributed by atoms with E-state index in [0.29, 0.717) is 12.5 Å². The number of aromatic nitrogens is 1. The third-order valence-corrected chi connectivity index (χ3v) is 1.40. The molecule has 1 aromatic rings. The van der Waals surface area contributed by atoms with E-state index in [0.717, 1.165) is 0 Å². The lowest BCUT2D eigenvalue weighted by Gasteiger charge is -2.03. The minimum Gasteiger partial charge on any atom is -1.00 e. The highest BCUT2D eigenvalue weighted by Crippen LogP contribution is 1.92. The lowest BCUT2D eigenvalue weighted by molar-refractivity contribution is -0.870. The molecule has 0 aliphatic carbocycles. The number of hydrogen-bond donors (Lipinski definition) is 0. The van der Waals surface area contributed by atoms with Gasteiger partial charge in [0.1, 0.15) is 0 Å². The molecule has 0 aliphatic heterocycles. The van der Waals surface area contributed by atoms with Crippen molar-refractivity contribution in [1.29, 1.82) is 0 Å². The molecule has 0 radical (unpaired) electrons. The lowest BCUT2D eigenvalue weighted by atomic mass is 10.2. The van der Waals surface area contributed by atoms with Gasteiger partial charge in [-0.25, -0.2) is 0 Å². The Morgan fingerprint density at radius 2 is 1.87 bits per heavy atom. The summed E-state index contributed by atoms with van der Waals surface area (Å²) in [6.07, 6.45) is 2.56. The number of carbonyl (C=O) groups is 1. The summed E-state index contributed by atoms with van der Waals surface area (Å²) in [6.45, 7) is 4.29. The zero-order chi connectivity index (χ0) is 10.4. The maximum Gasteiger partial charge on any atom is 0.572 e. The molecule has 0 atom stereocenters. The van der Waals surface area contributed by atoms with E-state index in [2.05, 4.69) is 0 Å². The van der Waals surface area contributed by atoms with Crippen molar-refractivity contribution >= 4 is 6.16 Å². The van der Waals surface area contributed by atoms with Crippen molar-refractivity contribution in [3.8, 4) is 0 Å². The molecule has 15 heavy (non-hydrogen) atoms. The first-order valence-electron chi connectivity index (χ1n) is 4.50. The zero-order valence-corrected chi connectivity index (χ0v) is 9.48. The van der Waals surface area contributed by atoms with E-state index in [1.807, 2.05) is 19.9 Å². The molecule has 0 amide bonds. The van der Waals surface area contributed by atoms with Crippen LogP contribution in [0.1, 0.15) is 13.8 Å². The maximum atomic E-state index is 11.1. The Morgan fingerprint density at radius 1 is 1.27 bits per heavy atom. The Hall–Kier alpha value is -1.29. The molecular formula is C10H14ClNO3. The Morgan fingerprint density at radius 3 is 2.40 bits per heavy atom. The highest BCUT2D eigenvalue weighted by molar-refractivity contribution is 5.59. The van der Waals surface area contributed by atoms with E-state index in [1.165, 1.54) is 4.73 Å². The van der Waals surface area contributed by atoms with Crippen LogP contribution in [-0.2, 0) is 4.74 Å². The molecule has 5 heteroatoms. The number of pyridine rings is 1. The van der Waals surface area contributed by atoms with Crippen molar-refractivity contribution in [1.82, 2.24) is 0 Å². The number of ether oxygens (including phenoxy) is 1. The summed E-state index contributed by atoms with van der Waals surface area (Å²) >= 11 is 0. The molecule has 0 N–H and O–H groups in total. The van der Waals surface area contributed by atoms with Gasteiger partial charge in [0.2, 0.25) is 12.4 Å². The topological polar surface area (TPSA) is 39.4 Å². The molecule has 1 heterocycles. The van der Waals surface area contributed by atoms with Gasteiger partial charge < -0.3 is 17.1 Å². The summed E-state index contributed by atoms with van der Waals surface area (Å²) in [5, 5.41) is 0. The number of hydrogen-bond acceptors (Lipinski definition) is 3. The van der Waals surface area contributed by atoms with Crippen LogP contribution in [0.15, 0.2) is 30.6 Å². The van der Waals surface area contributed by atoms with E-state index in [9.17, 15) is 4.79 Å². The summed E-state index contributed by atoms with van der Waals surface area (Å²) in [5.41, 5.74) is 0. The molecule has 84 valence electrons. The second kappa shape index (κ2) is 7.06. The molecule has 0 fully saturated rings. The van der Waals surface area contributed by atoms with Crippen LogP contribution < -0.4 is 22.0 Å². The van der Waals surface area contributed by atoms with E-state index in [1.54, 1.807) is 24.5 Å². The first kappa shape index (κ1) is 13.7. The Balaban J connectivity index is 0.00000196. The van der Waals surface area contributed by atoms with Crippen LogP contribution in [0.5, 0.6) is 0 Å². The van der Waals surface area contributed by atoms with Crippen LogP contribution in [0.3, 0.4) is 0 Å². The minimum atomic E-state index is -0.685. The van der Waals surface area contributed by atoms with Crippen LogP contribution in [0.25, 0.3) is 0 Å². The highest BCUT2D eigenvalue weighted by atomic mass is 35.5. The predicted molar refractivity (Wildman–Crippen MR) is 49.4 cm³/mol. The van der Waals surface area contributed by atoms with Crippen molar-refractivity contribution in [2.24, 2.45) is 5.92 Å². The molecule has 4 nitrogen and oxygen atoms in total. The predicted octanol–water partition coefficient (Wildman–Crippen LogP) is -1.80. The molecule has 0 saturated heterocycles. The molecule has 0 saturated carbocycles. The van der Waals surface area contributed by atoms with Crippen LogP contribution in [0, 0.1) is 5.92 Å². The van der Waals surface area contributed by atoms with Crippen molar-refractivity contribution in [2.75, 3.05) is 6.61 Å². The largest absolute Gasteiger partial charge is 1.00 e. The molecule has 0 aliphatic rings. The van der Waals surface area contributed by atoms with Gasteiger partial charge in [0, 0.05) is 16.9 Å². The molecule has 1 aromatic heterocycles. The van der Waals surface area contributed by atoms with Gasteiger partial charge in [0.15, 0.2) is 0 Å². The summed E-state index contributed by atoms with van der Waals surface area (Å²) in [6, 6.07) is 5.35. The SMILES string of the molecule is CC(C)COC(=O)O[n+]1ccccc1.[Cl-]. The van der Waals surface area contributed by atoms with Gasteiger partial charge in [-0.2, -0.15) is 4.79 Å². The standard InChI is InChI=1S/C10H14NO3.ClH/c1-9(2)8-13-10(12)14-11-6-4-3-5-7-11;/h3-7,9H,8H2,1-2H3;1H/q+1;/p-1. The van der Waals surface area contributed by atoms with Crippen LogP contribution in [-0.4, -0.2) is 12.8 Å². The van der Waals surface area contributed by atoms with Crippen molar-refractivity contribution < 1.29 is 31.5 Å². The van der Waals surface area contributed by atoms with Crippen LogP contribution in [0.2, 0.25) is 0 Å².